The van der Waals surface area contributed by atoms with Gasteiger partial charge in [0, 0.05) is 0 Å². The van der Waals surface area contributed by atoms with Crippen molar-refractivity contribution in [3.63, 3.8) is 0 Å². The van der Waals surface area contributed by atoms with Gasteiger partial charge in [0.1, 0.15) is 17.6 Å². The van der Waals surface area contributed by atoms with Crippen LogP contribution in [0.1, 0.15) is 29.9 Å². The summed E-state index contributed by atoms with van der Waals surface area (Å²) in [6, 6.07) is 9.69. The summed E-state index contributed by atoms with van der Waals surface area (Å²) in [6.07, 6.45) is -6.00. The van der Waals surface area contributed by atoms with E-state index in [1.54, 1.807) is 24.3 Å². The van der Waals surface area contributed by atoms with E-state index in [2.05, 4.69) is 5.32 Å². The van der Waals surface area contributed by atoms with Gasteiger partial charge in [-0.3, -0.25) is 4.79 Å². The molecule has 0 heterocycles. The topological polar surface area (TPSA) is 75.6 Å². The lowest BCUT2D eigenvalue weighted by Crippen LogP contribution is -2.44. The summed E-state index contributed by atoms with van der Waals surface area (Å²) in [4.78, 5) is 24.1. The van der Waals surface area contributed by atoms with Crippen molar-refractivity contribution in [3.8, 4) is 5.75 Å². The van der Waals surface area contributed by atoms with Gasteiger partial charge in [0.05, 0.1) is 19.4 Å². The van der Waals surface area contributed by atoms with Crippen LogP contribution in [0.3, 0.4) is 0 Å². The number of methoxy groups -OCH3 is 1. The Morgan fingerprint density at radius 2 is 1.80 bits per heavy atom. The fourth-order valence-electron chi connectivity index (χ4n) is 2.95. The van der Waals surface area contributed by atoms with Gasteiger partial charge >= 0.3 is 12.1 Å². The minimum atomic E-state index is -4.70. The number of hydrogen-bond acceptors (Lipinski definition) is 3. The highest BCUT2D eigenvalue weighted by atomic mass is 19.4. The van der Waals surface area contributed by atoms with Crippen LogP contribution in [0.15, 0.2) is 48.5 Å². The van der Waals surface area contributed by atoms with Gasteiger partial charge < -0.3 is 15.2 Å². The van der Waals surface area contributed by atoms with Crippen molar-refractivity contribution in [3.05, 3.63) is 65.5 Å². The van der Waals surface area contributed by atoms with E-state index in [0.717, 1.165) is 17.7 Å². The molecule has 0 bridgehead atoms. The van der Waals surface area contributed by atoms with E-state index in [1.807, 2.05) is 0 Å². The highest BCUT2D eigenvalue weighted by Crippen LogP contribution is 2.32. The van der Waals surface area contributed by atoms with Crippen molar-refractivity contribution >= 4 is 11.9 Å². The fraction of sp³-hybridized carbons (Fsp3) is 0.333. The summed E-state index contributed by atoms with van der Waals surface area (Å²) in [5, 5.41) is 11.6. The van der Waals surface area contributed by atoms with E-state index in [0.29, 0.717) is 5.75 Å². The first-order valence-electron chi connectivity index (χ1n) is 9.07. The van der Waals surface area contributed by atoms with Crippen molar-refractivity contribution < 1.29 is 37.0 Å². The molecule has 0 aromatic heterocycles. The second-order valence-electron chi connectivity index (χ2n) is 6.71. The summed E-state index contributed by atoms with van der Waals surface area (Å²) in [6.45, 7) is 0. The first-order valence-corrected chi connectivity index (χ1v) is 9.07. The predicted octanol–water partition coefficient (Wildman–Crippen LogP) is 4.07. The van der Waals surface area contributed by atoms with E-state index >= 15 is 0 Å². The Labute approximate surface area is 170 Å². The zero-order valence-electron chi connectivity index (χ0n) is 16.1. The molecule has 5 nitrogen and oxygen atoms in total. The molecule has 0 aliphatic rings. The molecule has 0 aliphatic heterocycles. The Kier molecular flexibility index (Phi) is 7.79. The number of hydrogen-bond donors (Lipinski definition) is 2. The number of aliphatic carboxylic acids is 1. The number of aryl methyl sites for hydroxylation is 1. The van der Waals surface area contributed by atoms with Gasteiger partial charge in [-0.2, -0.15) is 13.2 Å². The molecule has 30 heavy (non-hydrogen) atoms. The quantitative estimate of drug-likeness (QED) is 0.592. The number of amides is 1. The molecule has 2 rings (SSSR count). The zero-order valence-corrected chi connectivity index (χ0v) is 16.1. The van der Waals surface area contributed by atoms with Crippen LogP contribution >= 0.6 is 0 Å². The molecule has 0 saturated carbocycles. The molecule has 0 fully saturated rings. The van der Waals surface area contributed by atoms with Crippen LogP contribution in [0.25, 0.3) is 0 Å². The van der Waals surface area contributed by atoms with Crippen LogP contribution in [-0.4, -0.2) is 36.3 Å². The molecular weight excluding hydrogens is 406 g/mol. The maximum Gasteiger partial charge on any atom is 0.390 e. The average Bonchev–Trinajstić information content (AvgIpc) is 2.68. The van der Waals surface area contributed by atoms with Crippen LogP contribution in [0.2, 0.25) is 0 Å². The summed E-state index contributed by atoms with van der Waals surface area (Å²) >= 11 is 0. The first kappa shape index (κ1) is 23.2. The minimum Gasteiger partial charge on any atom is -0.497 e. The smallest absolute Gasteiger partial charge is 0.390 e. The van der Waals surface area contributed by atoms with Gasteiger partial charge in [0.25, 0.3) is 0 Å². The van der Waals surface area contributed by atoms with Crippen molar-refractivity contribution in [2.75, 3.05) is 7.11 Å². The number of carbonyl (C=O) groups is 2. The number of halogens is 4. The van der Waals surface area contributed by atoms with E-state index in [1.165, 1.54) is 19.2 Å². The molecule has 2 aromatic carbocycles. The molecule has 0 aliphatic carbocycles. The normalized spacial score (nSPS) is 13.4. The van der Waals surface area contributed by atoms with Crippen LogP contribution in [-0.2, 0) is 16.0 Å². The van der Waals surface area contributed by atoms with Crippen molar-refractivity contribution in [2.24, 2.45) is 0 Å². The first-order chi connectivity index (χ1) is 14.1. The van der Waals surface area contributed by atoms with Gasteiger partial charge in [-0.1, -0.05) is 24.3 Å². The minimum absolute atomic E-state index is 0.0324. The lowest BCUT2D eigenvalue weighted by molar-refractivity contribution is -0.150. The molecule has 2 unspecified atom stereocenters. The van der Waals surface area contributed by atoms with Crippen molar-refractivity contribution in [1.29, 1.82) is 0 Å². The second kappa shape index (κ2) is 10.1. The lowest BCUT2D eigenvalue weighted by atomic mass is 9.93. The number of carboxylic acid groups (broad SMARTS) is 1. The predicted molar refractivity (Wildman–Crippen MR) is 101 cm³/mol. The van der Waals surface area contributed by atoms with E-state index in [-0.39, 0.29) is 18.4 Å². The van der Waals surface area contributed by atoms with Crippen LogP contribution in [0.4, 0.5) is 17.6 Å². The number of rotatable bonds is 9. The standard InChI is InChI=1S/C21H21F4NO4/c1-30-16-8-5-13(6-9-16)7-10-18(20(28)29)26-19(27)17(12-21(23,24)25)14-3-2-4-15(22)11-14/h2-6,8-9,11,17-18H,7,10,12H2,1H3,(H,26,27)(H,28,29). The monoisotopic (exact) mass is 427 g/mol. The Morgan fingerprint density at radius 3 is 2.33 bits per heavy atom. The molecular formula is C21H21F4NO4. The number of benzene rings is 2. The van der Waals surface area contributed by atoms with Crippen molar-refractivity contribution in [1.82, 2.24) is 5.32 Å². The maximum atomic E-state index is 13.5. The van der Waals surface area contributed by atoms with E-state index in [9.17, 15) is 32.3 Å². The number of nitrogens with one attached hydrogen (secondary N) is 1. The molecule has 0 radical (unpaired) electrons. The molecule has 2 N–H and O–H groups in total. The fourth-order valence-corrected chi connectivity index (χ4v) is 2.95. The number of alkyl halides is 3. The highest BCUT2D eigenvalue weighted by Gasteiger charge is 2.37. The van der Waals surface area contributed by atoms with Gasteiger partial charge in [0.2, 0.25) is 5.91 Å². The maximum absolute atomic E-state index is 13.5. The summed E-state index contributed by atoms with van der Waals surface area (Å²) in [7, 11) is 1.50. The molecule has 2 atom stereocenters. The third kappa shape index (κ3) is 7.06. The van der Waals surface area contributed by atoms with E-state index in [4.69, 9.17) is 4.74 Å². The van der Waals surface area contributed by atoms with Crippen molar-refractivity contribution in [2.45, 2.75) is 37.4 Å². The molecule has 9 heteroatoms. The van der Waals surface area contributed by atoms with Gasteiger partial charge in [-0.15, -0.1) is 0 Å². The molecule has 2 aromatic rings. The molecule has 0 spiro atoms. The summed E-state index contributed by atoms with van der Waals surface area (Å²) in [5.74, 6) is -4.43. The summed E-state index contributed by atoms with van der Waals surface area (Å²) < 4.78 is 57.4. The Hall–Kier alpha value is -3.10. The Morgan fingerprint density at radius 1 is 1.13 bits per heavy atom. The third-order valence-corrected chi connectivity index (χ3v) is 4.50. The van der Waals surface area contributed by atoms with Crippen LogP contribution < -0.4 is 10.1 Å². The molecule has 162 valence electrons. The number of ether oxygens (including phenoxy) is 1. The van der Waals surface area contributed by atoms with Gasteiger partial charge in [-0.05, 0) is 48.2 Å². The lowest BCUT2D eigenvalue weighted by Gasteiger charge is -2.22. The third-order valence-electron chi connectivity index (χ3n) is 4.50. The number of carbonyl (C=O) groups excluding carboxylic acids is 1. The number of carboxylic acids is 1. The van der Waals surface area contributed by atoms with Crippen LogP contribution in [0.5, 0.6) is 5.75 Å². The van der Waals surface area contributed by atoms with Crippen LogP contribution in [0, 0.1) is 5.82 Å². The average molecular weight is 427 g/mol. The largest absolute Gasteiger partial charge is 0.497 e. The second-order valence-corrected chi connectivity index (χ2v) is 6.71. The van der Waals surface area contributed by atoms with E-state index < -0.39 is 42.3 Å². The SMILES string of the molecule is COc1ccc(CCC(NC(=O)C(CC(F)(F)F)c2cccc(F)c2)C(=O)O)cc1. The molecule has 0 saturated heterocycles. The molecule has 1 amide bonds. The summed E-state index contributed by atoms with van der Waals surface area (Å²) in [5.41, 5.74) is 0.595. The van der Waals surface area contributed by atoms with Gasteiger partial charge in [0.15, 0.2) is 0 Å². The highest BCUT2D eigenvalue weighted by molar-refractivity contribution is 5.88. The van der Waals surface area contributed by atoms with Gasteiger partial charge in [-0.25, -0.2) is 9.18 Å². The Balaban J connectivity index is 2.13. The Bertz CT molecular complexity index is 868. The zero-order chi connectivity index (χ0) is 22.3.